The average molecular weight is 359 g/mol. The number of carbonyl (C=O) groups is 1. The fourth-order valence-electron chi connectivity index (χ4n) is 1.87. The van der Waals surface area contributed by atoms with Crippen LogP contribution in [0.3, 0.4) is 0 Å². The first-order valence-corrected chi connectivity index (χ1v) is 8.47. The standard InChI is InChI=1S/C14H19ClN4O3S/c1-3-21-13(22-4-2)9-19-8-11(17-18-19)14(20)16-7-10-5-6-12(15)23-10/h5-6,8,13H,3-4,7,9H2,1-2H3,(H,16,20). The minimum atomic E-state index is -0.407. The van der Waals surface area contributed by atoms with E-state index in [1.54, 1.807) is 12.3 Å². The average Bonchev–Trinajstić information content (AvgIpc) is 3.14. The molecule has 0 atom stereocenters. The van der Waals surface area contributed by atoms with Crippen LogP contribution in [0, 0.1) is 0 Å². The van der Waals surface area contributed by atoms with E-state index < -0.39 is 6.29 Å². The Bertz CT molecular complexity index is 625. The Morgan fingerprint density at radius 1 is 1.39 bits per heavy atom. The summed E-state index contributed by atoms with van der Waals surface area (Å²) in [5.41, 5.74) is 0.249. The lowest BCUT2D eigenvalue weighted by molar-refractivity contribution is -0.145. The van der Waals surface area contributed by atoms with Gasteiger partial charge in [-0.1, -0.05) is 16.8 Å². The highest BCUT2D eigenvalue weighted by atomic mass is 35.5. The summed E-state index contributed by atoms with van der Waals surface area (Å²) < 4.78 is 13.1. The van der Waals surface area contributed by atoms with Crippen molar-refractivity contribution < 1.29 is 14.3 Å². The summed E-state index contributed by atoms with van der Waals surface area (Å²) in [6, 6.07) is 3.67. The third-order valence-electron chi connectivity index (χ3n) is 2.86. The lowest BCUT2D eigenvalue weighted by Crippen LogP contribution is -2.24. The number of aromatic nitrogens is 3. The zero-order valence-electron chi connectivity index (χ0n) is 13.0. The van der Waals surface area contributed by atoms with Gasteiger partial charge in [-0.05, 0) is 26.0 Å². The molecule has 2 heterocycles. The van der Waals surface area contributed by atoms with Gasteiger partial charge in [-0.15, -0.1) is 16.4 Å². The van der Waals surface area contributed by atoms with Gasteiger partial charge in [0.05, 0.1) is 23.6 Å². The summed E-state index contributed by atoms with van der Waals surface area (Å²) in [6.07, 6.45) is 1.16. The third kappa shape index (κ3) is 5.58. The summed E-state index contributed by atoms with van der Waals surface area (Å²) in [5, 5.41) is 10.6. The first-order valence-electron chi connectivity index (χ1n) is 7.28. The van der Waals surface area contributed by atoms with E-state index in [9.17, 15) is 4.79 Å². The van der Waals surface area contributed by atoms with Gasteiger partial charge in [0.25, 0.3) is 5.91 Å². The zero-order valence-corrected chi connectivity index (χ0v) is 14.6. The number of hydrogen-bond donors (Lipinski definition) is 1. The number of amides is 1. The molecular formula is C14H19ClN4O3S. The van der Waals surface area contributed by atoms with E-state index in [2.05, 4.69) is 15.6 Å². The van der Waals surface area contributed by atoms with E-state index in [4.69, 9.17) is 21.1 Å². The summed E-state index contributed by atoms with van der Waals surface area (Å²) in [4.78, 5) is 13.0. The van der Waals surface area contributed by atoms with E-state index in [-0.39, 0.29) is 11.6 Å². The Labute approximate surface area is 143 Å². The molecule has 0 aliphatic carbocycles. The molecule has 0 bridgehead atoms. The number of nitrogens with zero attached hydrogens (tertiary/aromatic N) is 3. The lowest BCUT2D eigenvalue weighted by atomic mass is 10.4. The first-order chi connectivity index (χ1) is 11.1. The fourth-order valence-corrected chi connectivity index (χ4v) is 2.90. The van der Waals surface area contributed by atoms with Crippen LogP contribution in [-0.2, 0) is 22.6 Å². The number of carbonyl (C=O) groups excluding carboxylic acids is 1. The Hall–Kier alpha value is -1.48. The molecule has 0 saturated heterocycles. The molecule has 2 aromatic rings. The summed E-state index contributed by atoms with van der Waals surface area (Å²) in [5.74, 6) is -0.287. The highest BCUT2D eigenvalue weighted by Gasteiger charge is 2.14. The minimum absolute atomic E-state index is 0.249. The van der Waals surface area contributed by atoms with Crippen LogP contribution in [0.2, 0.25) is 4.34 Å². The van der Waals surface area contributed by atoms with Crippen LogP contribution in [0.4, 0.5) is 0 Å². The lowest BCUT2D eigenvalue weighted by Gasteiger charge is -2.16. The van der Waals surface area contributed by atoms with E-state index in [0.717, 1.165) is 4.88 Å². The molecule has 0 aliphatic rings. The van der Waals surface area contributed by atoms with Gasteiger partial charge in [0.15, 0.2) is 12.0 Å². The second kappa shape index (κ2) is 8.97. The first kappa shape index (κ1) is 17.9. The molecule has 9 heteroatoms. The van der Waals surface area contributed by atoms with Crippen molar-refractivity contribution in [3.8, 4) is 0 Å². The van der Waals surface area contributed by atoms with Gasteiger partial charge < -0.3 is 14.8 Å². The Balaban J connectivity index is 1.88. The van der Waals surface area contributed by atoms with Crippen LogP contribution in [0.1, 0.15) is 29.2 Å². The van der Waals surface area contributed by atoms with E-state index in [1.807, 2.05) is 19.9 Å². The second-order valence-electron chi connectivity index (χ2n) is 4.55. The molecule has 2 aromatic heterocycles. The number of rotatable bonds is 9. The quantitative estimate of drug-likeness (QED) is 0.696. The number of thiophene rings is 1. The van der Waals surface area contributed by atoms with Crippen molar-refractivity contribution in [3.63, 3.8) is 0 Å². The van der Waals surface area contributed by atoms with E-state index in [1.165, 1.54) is 16.0 Å². The molecule has 2 rings (SSSR count). The van der Waals surface area contributed by atoms with Crippen LogP contribution < -0.4 is 5.32 Å². The van der Waals surface area contributed by atoms with Gasteiger partial charge in [-0.3, -0.25) is 4.79 Å². The Kier molecular flexibility index (Phi) is 6.97. The van der Waals surface area contributed by atoms with Crippen molar-refractivity contribution >= 4 is 28.8 Å². The Morgan fingerprint density at radius 3 is 2.74 bits per heavy atom. The van der Waals surface area contributed by atoms with Crippen LogP contribution in [0.15, 0.2) is 18.3 Å². The molecule has 1 N–H and O–H groups in total. The van der Waals surface area contributed by atoms with Crippen molar-refractivity contribution in [2.45, 2.75) is 33.2 Å². The monoisotopic (exact) mass is 358 g/mol. The van der Waals surface area contributed by atoms with Crippen LogP contribution in [0.5, 0.6) is 0 Å². The molecular weight excluding hydrogens is 340 g/mol. The maximum atomic E-state index is 12.1. The summed E-state index contributed by atoms with van der Waals surface area (Å²) >= 11 is 7.28. The minimum Gasteiger partial charge on any atom is -0.351 e. The molecule has 126 valence electrons. The Morgan fingerprint density at radius 2 is 2.13 bits per heavy atom. The molecule has 0 saturated carbocycles. The van der Waals surface area contributed by atoms with Crippen LogP contribution >= 0.6 is 22.9 Å². The third-order valence-corrected chi connectivity index (χ3v) is 4.10. The molecule has 0 spiro atoms. The maximum Gasteiger partial charge on any atom is 0.273 e. The molecule has 23 heavy (non-hydrogen) atoms. The van der Waals surface area contributed by atoms with Crippen molar-refractivity contribution in [2.24, 2.45) is 0 Å². The fraction of sp³-hybridized carbons (Fsp3) is 0.500. The normalized spacial score (nSPS) is 11.1. The van der Waals surface area contributed by atoms with Gasteiger partial charge in [0, 0.05) is 18.1 Å². The zero-order chi connectivity index (χ0) is 16.7. The predicted molar refractivity (Wildman–Crippen MR) is 87.6 cm³/mol. The topological polar surface area (TPSA) is 78.3 Å². The van der Waals surface area contributed by atoms with E-state index >= 15 is 0 Å². The number of nitrogens with one attached hydrogen (secondary N) is 1. The van der Waals surface area contributed by atoms with Gasteiger partial charge in [0.2, 0.25) is 0 Å². The summed E-state index contributed by atoms with van der Waals surface area (Å²) in [6.45, 7) is 5.64. The second-order valence-corrected chi connectivity index (χ2v) is 6.35. The molecule has 0 fully saturated rings. The van der Waals surface area contributed by atoms with Gasteiger partial charge in [-0.2, -0.15) is 0 Å². The summed E-state index contributed by atoms with van der Waals surface area (Å²) in [7, 11) is 0. The van der Waals surface area contributed by atoms with Gasteiger partial charge in [-0.25, -0.2) is 4.68 Å². The predicted octanol–water partition coefficient (Wildman–Crippen LogP) is 2.32. The maximum absolute atomic E-state index is 12.1. The number of ether oxygens (including phenoxy) is 2. The van der Waals surface area contributed by atoms with Crippen molar-refractivity contribution in [1.82, 2.24) is 20.3 Å². The molecule has 0 unspecified atom stereocenters. The molecule has 0 radical (unpaired) electrons. The van der Waals surface area contributed by atoms with Crippen molar-refractivity contribution in [1.29, 1.82) is 0 Å². The highest BCUT2D eigenvalue weighted by molar-refractivity contribution is 7.16. The largest absolute Gasteiger partial charge is 0.351 e. The smallest absolute Gasteiger partial charge is 0.273 e. The SMILES string of the molecule is CCOC(Cn1cc(C(=O)NCc2ccc(Cl)s2)nn1)OCC. The van der Waals surface area contributed by atoms with Gasteiger partial charge in [0.1, 0.15) is 0 Å². The molecule has 0 aromatic carbocycles. The highest BCUT2D eigenvalue weighted by Crippen LogP contribution is 2.21. The van der Waals surface area contributed by atoms with Crippen LogP contribution in [0.25, 0.3) is 0 Å². The molecule has 0 aliphatic heterocycles. The van der Waals surface area contributed by atoms with Crippen molar-refractivity contribution in [2.75, 3.05) is 13.2 Å². The molecule has 7 nitrogen and oxygen atoms in total. The van der Waals surface area contributed by atoms with E-state index in [0.29, 0.717) is 30.6 Å². The van der Waals surface area contributed by atoms with Crippen molar-refractivity contribution in [3.05, 3.63) is 33.2 Å². The number of halogens is 1. The number of hydrogen-bond acceptors (Lipinski definition) is 6. The molecule has 1 amide bonds. The van der Waals surface area contributed by atoms with Gasteiger partial charge >= 0.3 is 0 Å². The van der Waals surface area contributed by atoms with Crippen LogP contribution in [-0.4, -0.2) is 40.4 Å².